The van der Waals surface area contributed by atoms with Crippen molar-refractivity contribution in [1.82, 2.24) is 4.57 Å². The Labute approximate surface area is 156 Å². The van der Waals surface area contributed by atoms with E-state index < -0.39 is 17.5 Å². The summed E-state index contributed by atoms with van der Waals surface area (Å²) in [6.07, 6.45) is 0.198. The van der Waals surface area contributed by atoms with Gasteiger partial charge in [-0.25, -0.2) is 0 Å². The highest BCUT2D eigenvalue weighted by atomic mass is 19.4. The molecule has 0 aliphatic carbocycles. The number of aromatic nitrogens is 1. The zero-order valence-corrected chi connectivity index (χ0v) is 15.4. The van der Waals surface area contributed by atoms with E-state index in [0.717, 1.165) is 30.8 Å². The third-order valence-electron chi connectivity index (χ3n) is 4.91. The molecule has 1 atom stereocenters. The van der Waals surface area contributed by atoms with E-state index in [4.69, 9.17) is 0 Å². The highest BCUT2D eigenvalue weighted by molar-refractivity contribution is 6.17. The molecule has 0 spiro atoms. The molecule has 27 heavy (non-hydrogen) atoms. The number of alkyl halides is 3. The van der Waals surface area contributed by atoms with Crippen LogP contribution in [-0.4, -0.2) is 10.4 Å². The fourth-order valence-electron chi connectivity index (χ4n) is 3.46. The van der Waals surface area contributed by atoms with Crippen LogP contribution in [0.2, 0.25) is 0 Å². The van der Waals surface area contributed by atoms with Gasteiger partial charge in [0.15, 0.2) is 5.78 Å². The van der Waals surface area contributed by atoms with Crippen LogP contribution in [0.3, 0.4) is 0 Å². The standard InChI is InChI=1S/C22H22F3NO/c1-3-4-9-15(2)26-14-18(16-10-6-8-13-20(16)26)21(27)17-11-5-7-12-19(17)22(23,24)25/h5-8,10-15H,3-4,9H2,1-2H3. The van der Waals surface area contributed by atoms with Crippen LogP contribution < -0.4 is 0 Å². The average Bonchev–Trinajstić information content (AvgIpc) is 3.04. The van der Waals surface area contributed by atoms with E-state index in [0.29, 0.717) is 10.9 Å². The minimum Gasteiger partial charge on any atom is -0.344 e. The first-order valence-electron chi connectivity index (χ1n) is 9.15. The van der Waals surface area contributed by atoms with Gasteiger partial charge >= 0.3 is 6.18 Å². The second-order valence-corrected chi connectivity index (χ2v) is 6.83. The molecule has 1 heterocycles. The number of nitrogens with zero attached hydrogens (tertiary/aromatic N) is 1. The van der Waals surface area contributed by atoms with Crippen LogP contribution in [0.1, 0.15) is 60.6 Å². The Bertz CT molecular complexity index is 956. The summed E-state index contributed by atoms with van der Waals surface area (Å²) < 4.78 is 42.1. The summed E-state index contributed by atoms with van der Waals surface area (Å²) in [7, 11) is 0. The van der Waals surface area contributed by atoms with Gasteiger partial charge in [-0.05, 0) is 25.5 Å². The molecule has 3 aromatic rings. The van der Waals surface area contributed by atoms with Crippen molar-refractivity contribution in [3.8, 4) is 0 Å². The summed E-state index contributed by atoms with van der Waals surface area (Å²) in [4.78, 5) is 13.1. The monoisotopic (exact) mass is 373 g/mol. The van der Waals surface area contributed by atoms with Gasteiger partial charge in [0.25, 0.3) is 0 Å². The second-order valence-electron chi connectivity index (χ2n) is 6.83. The summed E-state index contributed by atoms with van der Waals surface area (Å²) in [6, 6.07) is 12.5. The Morgan fingerprint density at radius 1 is 1.04 bits per heavy atom. The maximum absolute atomic E-state index is 13.4. The molecular weight excluding hydrogens is 351 g/mol. The molecule has 0 aliphatic rings. The van der Waals surface area contributed by atoms with Crippen molar-refractivity contribution in [2.24, 2.45) is 0 Å². The van der Waals surface area contributed by atoms with Gasteiger partial charge in [0.1, 0.15) is 0 Å². The van der Waals surface area contributed by atoms with Crippen molar-refractivity contribution in [1.29, 1.82) is 0 Å². The Hall–Kier alpha value is -2.56. The van der Waals surface area contributed by atoms with Gasteiger partial charge in [-0.2, -0.15) is 13.2 Å². The number of benzene rings is 2. The third-order valence-corrected chi connectivity index (χ3v) is 4.91. The molecule has 0 radical (unpaired) electrons. The number of hydrogen-bond donors (Lipinski definition) is 0. The molecule has 0 N–H and O–H groups in total. The number of para-hydroxylation sites is 1. The molecule has 0 saturated carbocycles. The van der Waals surface area contributed by atoms with E-state index in [2.05, 4.69) is 13.8 Å². The van der Waals surface area contributed by atoms with Crippen LogP contribution in [0.5, 0.6) is 0 Å². The topological polar surface area (TPSA) is 22.0 Å². The number of carbonyl (C=O) groups is 1. The lowest BCUT2D eigenvalue weighted by Crippen LogP contribution is -2.13. The van der Waals surface area contributed by atoms with Crippen molar-refractivity contribution in [3.63, 3.8) is 0 Å². The number of carbonyl (C=O) groups excluding carboxylic acids is 1. The van der Waals surface area contributed by atoms with E-state index in [-0.39, 0.29) is 11.6 Å². The Morgan fingerprint density at radius 2 is 1.70 bits per heavy atom. The van der Waals surface area contributed by atoms with Crippen LogP contribution >= 0.6 is 0 Å². The van der Waals surface area contributed by atoms with Gasteiger partial charge in [0.2, 0.25) is 0 Å². The fourth-order valence-corrected chi connectivity index (χ4v) is 3.46. The Balaban J connectivity index is 2.12. The summed E-state index contributed by atoms with van der Waals surface area (Å²) in [5.41, 5.74) is -0.0282. The normalized spacial score (nSPS) is 13.1. The van der Waals surface area contributed by atoms with Crippen molar-refractivity contribution in [2.45, 2.75) is 45.3 Å². The van der Waals surface area contributed by atoms with E-state index in [1.165, 1.54) is 18.2 Å². The first kappa shape index (κ1) is 19.2. The molecule has 0 saturated heterocycles. The first-order valence-corrected chi connectivity index (χ1v) is 9.15. The van der Waals surface area contributed by atoms with Crippen molar-refractivity contribution >= 4 is 16.7 Å². The average molecular weight is 373 g/mol. The van der Waals surface area contributed by atoms with Crippen LogP contribution in [-0.2, 0) is 6.18 Å². The predicted octanol–water partition coefficient (Wildman–Crippen LogP) is 6.64. The maximum atomic E-state index is 13.4. The fraction of sp³-hybridized carbons (Fsp3) is 0.318. The summed E-state index contributed by atoms with van der Waals surface area (Å²) in [5, 5.41) is 0.683. The van der Waals surface area contributed by atoms with Crippen LogP contribution in [0.25, 0.3) is 10.9 Å². The number of halogens is 3. The quantitative estimate of drug-likeness (QED) is 0.444. The van der Waals surface area contributed by atoms with Crippen LogP contribution in [0.15, 0.2) is 54.7 Å². The molecule has 2 aromatic carbocycles. The molecule has 0 amide bonds. The lowest BCUT2D eigenvalue weighted by molar-refractivity contribution is -0.137. The largest absolute Gasteiger partial charge is 0.417 e. The molecule has 0 bridgehead atoms. The maximum Gasteiger partial charge on any atom is 0.417 e. The van der Waals surface area contributed by atoms with E-state index >= 15 is 0 Å². The van der Waals surface area contributed by atoms with E-state index in [1.54, 1.807) is 18.3 Å². The Kier molecular flexibility index (Phi) is 5.40. The molecule has 0 aliphatic heterocycles. The lowest BCUT2D eigenvalue weighted by Gasteiger charge is -2.14. The molecule has 0 fully saturated rings. The SMILES string of the molecule is CCCCC(C)n1cc(C(=O)c2ccccc2C(F)(F)F)c2ccccc21. The van der Waals surface area contributed by atoms with Gasteiger partial charge in [-0.1, -0.05) is 56.2 Å². The molecule has 5 heteroatoms. The van der Waals surface area contributed by atoms with Gasteiger partial charge < -0.3 is 4.57 Å². The summed E-state index contributed by atoms with van der Waals surface area (Å²) >= 11 is 0. The minimum absolute atomic E-state index is 0.161. The van der Waals surface area contributed by atoms with Crippen molar-refractivity contribution < 1.29 is 18.0 Å². The third kappa shape index (κ3) is 3.77. The molecule has 3 rings (SSSR count). The number of ketones is 1. The minimum atomic E-state index is -4.57. The van der Waals surface area contributed by atoms with Crippen molar-refractivity contribution in [3.05, 3.63) is 71.4 Å². The highest BCUT2D eigenvalue weighted by Crippen LogP contribution is 2.35. The number of fused-ring (bicyclic) bond motifs is 1. The van der Waals surface area contributed by atoms with Crippen molar-refractivity contribution in [2.75, 3.05) is 0 Å². The number of unbranched alkanes of at least 4 members (excludes halogenated alkanes) is 1. The number of hydrogen-bond acceptors (Lipinski definition) is 1. The van der Waals surface area contributed by atoms with Gasteiger partial charge in [0.05, 0.1) is 5.56 Å². The van der Waals surface area contributed by atoms with E-state index in [9.17, 15) is 18.0 Å². The molecular formula is C22H22F3NO. The number of rotatable bonds is 6. The lowest BCUT2D eigenvalue weighted by atomic mass is 9.98. The van der Waals surface area contributed by atoms with E-state index in [1.807, 2.05) is 16.7 Å². The smallest absolute Gasteiger partial charge is 0.344 e. The summed E-state index contributed by atoms with van der Waals surface area (Å²) in [5.74, 6) is -0.597. The molecule has 1 aromatic heterocycles. The summed E-state index contributed by atoms with van der Waals surface area (Å²) in [6.45, 7) is 4.18. The first-order chi connectivity index (χ1) is 12.8. The highest BCUT2D eigenvalue weighted by Gasteiger charge is 2.35. The zero-order chi connectivity index (χ0) is 19.6. The molecule has 142 valence electrons. The predicted molar refractivity (Wildman–Crippen MR) is 101 cm³/mol. The van der Waals surface area contributed by atoms with Gasteiger partial charge in [-0.3, -0.25) is 4.79 Å². The molecule has 1 unspecified atom stereocenters. The molecule has 2 nitrogen and oxygen atoms in total. The van der Waals surface area contributed by atoms with Gasteiger partial charge in [-0.15, -0.1) is 0 Å². The van der Waals surface area contributed by atoms with Crippen LogP contribution in [0, 0.1) is 0 Å². The second kappa shape index (κ2) is 7.59. The van der Waals surface area contributed by atoms with Crippen LogP contribution in [0.4, 0.5) is 13.2 Å². The Morgan fingerprint density at radius 3 is 2.41 bits per heavy atom. The zero-order valence-electron chi connectivity index (χ0n) is 15.4. The van der Waals surface area contributed by atoms with Gasteiger partial charge in [0, 0.05) is 34.3 Å².